The molecule has 2 heterocycles. The van der Waals surface area contributed by atoms with Gasteiger partial charge in [0.1, 0.15) is 5.82 Å². The second-order valence-corrected chi connectivity index (χ2v) is 8.68. The summed E-state index contributed by atoms with van der Waals surface area (Å²) in [5.41, 5.74) is 1.68. The Bertz CT molecular complexity index is 1160. The van der Waals surface area contributed by atoms with Crippen molar-refractivity contribution in [1.82, 2.24) is 19.7 Å². The number of hydrogen-bond acceptors (Lipinski definition) is 4. The maximum Gasteiger partial charge on any atom is 0.408 e. The molecule has 7 nitrogen and oxygen atoms in total. The Morgan fingerprint density at radius 2 is 1.88 bits per heavy atom. The number of amides is 1. The first-order valence-electron chi connectivity index (χ1n) is 10.6. The molecule has 3 aromatic rings. The van der Waals surface area contributed by atoms with Crippen LogP contribution in [0.3, 0.4) is 0 Å². The molecule has 1 saturated carbocycles. The highest BCUT2D eigenvalue weighted by Crippen LogP contribution is 2.37. The summed E-state index contributed by atoms with van der Waals surface area (Å²) in [5, 5.41) is 19.0. The molecule has 1 aliphatic carbocycles. The Morgan fingerprint density at radius 1 is 1.09 bits per heavy atom. The Labute approximate surface area is 189 Å². The van der Waals surface area contributed by atoms with Crippen LogP contribution < -0.4 is 4.74 Å². The lowest BCUT2D eigenvalue weighted by Crippen LogP contribution is -2.28. The van der Waals surface area contributed by atoms with Gasteiger partial charge < -0.3 is 9.84 Å². The lowest BCUT2D eigenvalue weighted by Gasteiger charge is -2.29. The topological polar surface area (TPSA) is 80.5 Å². The van der Waals surface area contributed by atoms with Crippen LogP contribution in [0.15, 0.2) is 42.5 Å². The first kappa shape index (κ1) is 20.8. The van der Waals surface area contributed by atoms with E-state index in [9.17, 15) is 14.3 Å². The van der Waals surface area contributed by atoms with Crippen molar-refractivity contribution in [2.24, 2.45) is 0 Å². The number of hydrogen-bond donors (Lipinski definition) is 1. The molecule has 1 fully saturated rings. The summed E-state index contributed by atoms with van der Waals surface area (Å²) < 4.78 is 21.8. The molecule has 0 spiro atoms. The number of para-hydroxylation sites is 1. The van der Waals surface area contributed by atoms with E-state index in [4.69, 9.17) is 16.3 Å². The average molecular weight is 457 g/mol. The maximum atomic E-state index is 13.9. The van der Waals surface area contributed by atoms with Crippen molar-refractivity contribution in [3.05, 3.63) is 70.5 Å². The van der Waals surface area contributed by atoms with Gasteiger partial charge in [-0.15, -0.1) is 10.2 Å². The monoisotopic (exact) mass is 456 g/mol. The molecule has 0 saturated heterocycles. The lowest BCUT2D eigenvalue weighted by atomic mass is 9.86. The number of ether oxygens (including phenoxy) is 1. The molecule has 32 heavy (non-hydrogen) atoms. The van der Waals surface area contributed by atoms with Crippen LogP contribution in [0, 0.1) is 5.82 Å². The molecule has 166 valence electrons. The third-order valence-corrected chi connectivity index (χ3v) is 6.41. The van der Waals surface area contributed by atoms with Crippen molar-refractivity contribution in [3.8, 4) is 11.4 Å². The Balaban J connectivity index is 1.40. The smallest absolute Gasteiger partial charge is 0.408 e. The van der Waals surface area contributed by atoms with Gasteiger partial charge in [-0.05, 0) is 61.6 Å². The summed E-state index contributed by atoms with van der Waals surface area (Å²) in [5.74, 6) is 1.49. The number of rotatable bonds is 3. The minimum absolute atomic E-state index is 0.0525. The molecule has 0 unspecified atom stereocenters. The van der Waals surface area contributed by atoms with E-state index in [0.717, 1.165) is 42.8 Å². The summed E-state index contributed by atoms with van der Waals surface area (Å²) in [6, 6.07) is 11.9. The van der Waals surface area contributed by atoms with E-state index in [1.54, 1.807) is 30.3 Å². The van der Waals surface area contributed by atoms with Crippen LogP contribution in [0.5, 0.6) is 5.75 Å². The predicted octanol–water partition coefficient (Wildman–Crippen LogP) is 5.16. The number of aromatic nitrogens is 3. The van der Waals surface area contributed by atoms with Gasteiger partial charge in [0.25, 0.3) is 0 Å². The van der Waals surface area contributed by atoms with Gasteiger partial charge in [-0.3, -0.25) is 9.47 Å². The zero-order valence-corrected chi connectivity index (χ0v) is 18.0. The number of benzene rings is 2. The van der Waals surface area contributed by atoms with Crippen molar-refractivity contribution in [3.63, 3.8) is 0 Å². The largest absolute Gasteiger partial charge is 0.487 e. The van der Waals surface area contributed by atoms with Gasteiger partial charge in [0.15, 0.2) is 17.4 Å². The van der Waals surface area contributed by atoms with Gasteiger partial charge in [-0.1, -0.05) is 23.7 Å². The number of carboxylic acid groups (broad SMARTS) is 1. The molecule has 1 amide bonds. The van der Waals surface area contributed by atoms with Crippen LogP contribution in [-0.4, -0.2) is 37.0 Å². The van der Waals surface area contributed by atoms with E-state index in [-0.39, 0.29) is 36.7 Å². The number of fused-ring (bicyclic) bond motifs is 3. The summed E-state index contributed by atoms with van der Waals surface area (Å²) in [4.78, 5) is 13.0. The van der Waals surface area contributed by atoms with Crippen LogP contribution in [0.2, 0.25) is 5.02 Å². The highest BCUT2D eigenvalue weighted by Gasteiger charge is 2.32. The second-order valence-electron chi connectivity index (χ2n) is 8.24. The van der Waals surface area contributed by atoms with Crippen molar-refractivity contribution in [1.29, 1.82) is 0 Å². The summed E-state index contributed by atoms with van der Waals surface area (Å²) >= 11 is 6.19. The van der Waals surface area contributed by atoms with Gasteiger partial charge in [-0.2, -0.15) is 0 Å². The van der Waals surface area contributed by atoms with E-state index in [2.05, 4.69) is 10.2 Å². The molecule has 5 rings (SSSR count). The quantitative estimate of drug-likeness (QED) is 0.589. The Morgan fingerprint density at radius 3 is 2.62 bits per heavy atom. The second kappa shape index (κ2) is 8.43. The molecule has 2 aliphatic rings. The minimum atomic E-state index is -1.01. The fourth-order valence-electron chi connectivity index (χ4n) is 4.58. The van der Waals surface area contributed by atoms with Gasteiger partial charge in [0.05, 0.1) is 24.9 Å². The van der Waals surface area contributed by atoms with Crippen LogP contribution >= 0.6 is 11.6 Å². The molecule has 9 heteroatoms. The zero-order chi connectivity index (χ0) is 22.2. The third-order valence-electron chi connectivity index (χ3n) is 6.17. The average Bonchev–Trinajstić information content (AvgIpc) is 3.11. The van der Waals surface area contributed by atoms with Gasteiger partial charge in [-0.25, -0.2) is 9.18 Å². The molecular formula is C23H22ClFN4O3. The fourth-order valence-corrected chi connectivity index (χ4v) is 4.78. The molecule has 0 radical (unpaired) electrons. The van der Waals surface area contributed by atoms with Crippen molar-refractivity contribution in [2.75, 3.05) is 0 Å². The fraction of sp³-hybridized carbons (Fsp3) is 0.348. The van der Waals surface area contributed by atoms with E-state index < -0.39 is 6.09 Å². The first-order chi connectivity index (χ1) is 15.5. The molecular weight excluding hydrogens is 435 g/mol. The summed E-state index contributed by atoms with van der Waals surface area (Å²) in [7, 11) is 0. The molecule has 2 aromatic carbocycles. The molecule has 1 aromatic heterocycles. The maximum absolute atomic E-state index is 13.9. The van der Waals surface area contributed by atoms with Gasteiger partial charge in [0, 0.05) is 10.9 Å². The van der Waals surface area contributed by atoms with Gasteiger partial charge in [0.2, 0.25) is 0 Å². The van der Waals surface area contributed by atoms with E-state index in [0.29, 0.717) is 10.8 Å². The zero-order valence-electron chi connectivity index (χ0n) is 17.2. The molecule has 0 bridgehead atoms. The standard InChI is InChI=1S/C23H22ClFN4O3/c24-16-7-10-19-15(11-16)12-28(23(30)31)13-21-26-27-22(29(19)21)14-5-8-17(9-6-14)32-20-4-2-1-3-18(20)25/h1-4,7,10-11,14,17H,5-6,8-9,12-13H2,(H,30,31)/t14-,17-. The normalized spacial score (nSPS) is 20.2. The van der Waals surface area contributed by atoms with Crippen molar-refractivity contribution in [2.45, 2.75) is 50.8 Å². The SMILES string of the molecule is O=C(O)N1Cc2cc(Cl)ccc2-n2c(nnc2[C@H]2CC[C@H](Oc3ccccc3F)CC2)C1. The van der Waals surface area contributed by atoms with Gasteiger partial charge >= 0.3 is 6.09 Å². The van der Waals surface area contributed by atoms with Crippen LogP contribution in [0.4, 0.5) is 9.18 Å². The van der Waals surface area contributed by atoms with Crippen LogP contribution in [0.1, 0.15) is 48.8 Å². The van der Waals surface area contributed by atoms with Crippen LogP contribution in [0.25, 0.3) is 5.69 Å². The third kappa shape index (κ3) is 3.90. The predicted molar refractivity (Wildman–Crippen MR) is 116 cm³/mol. The summed E-state index contributed by atoms with van der Waals surface area (Å²) in [6.07, 6.45) is 2.13. The number of halogens is 2. The summed E-state index contributed by atoms with van der Waals surface area (Å²) in [6.45, 7) is 0.387. The molecule has 1 aliphatic heterocycles. The number of nitrogens with zero attached hydrogens (tertiary/aromatic N) is 4. The van der Waals surface area contributed by atoms with Crippen molar-refractivity contribution >= 4 is 17.7 Å². The lowest BCUT2D eigenvalue weighted by molar-refractivity contribution is 0.138. The molecule has 0 atom stereocenters. The Kier molecular flexibility index (Phi) is 5.46. The highest BCUT2D eigenvalue weighted by atomic mass is 35.5. The number of carbonyl (C=O) groups is 1. The van der Waals surface area contributed by atoms with E-state index in [1.165, 1.54) is 11.0 Å². The molecule has 1 N–H and O–H groups in total. The minimum Gasteiger partial charge on any atom is -0.487 e. The Hall–Kier alpha value is -3.13. The highest BCUT2D eigenvalue weighted by molar-refractivity contribution is 6.30. The van der Waals surface area contributed by atoms with Crippen LogP contribution in [-0.2, 0) is 13.1 Å². The first-order valence-corrected chi connectivity index (χ1v) is 11.0. The van der Waals surface area contributed by atoms with Crippen molar-refractivity contribution < 1.29 is 19.0 Å². The van der Waals surface area contributed by atoms with E-state index in [1.807, 2.05) is 10.6 Å². The van der Waals surface area contributed by atoms with E-state index >= 15 is 0 Å².